The molecule has 0 unspecified atom stereocenters. The molecule has 0 aliphatic rings. The Morgan fingerprint density at radius 1 is 0.476 bits per heavy atom. The van der Waals surface area contributed by atoms with Crippen molar-refractivity contribution in [1.29, 1.82) is 0 Å². The molecule has 0 N–H and O–H groups in total. The lowest BCUT2D eigenvalue weighted by Gasteiger charge is -2.09. The van der Waals surface area contributed by atoms with Crippen LogP contribution < -0.4 is 0 Å². The highest BCUT2D eigenvalue weighted by atomic mass is 16.6. The van der Waals surface area contributed by atoms with Crippen molar-refractivity contribution in [3.63, 3.8) is 0 Å². The summed E-state index contributed by atoms with van der Waals surface area (Å²) in [4.78, 5) is 34.7. The van der Waals surface area contributed by atoms with Gasteiger partial charge in [0.2, 0.25) is 0 Å². The fourth-order valence-electron chi connectivity index (χ4n) is 3.00. The monoisotopic (exact) mass is 602 g/mol. The lowest BCUT2D eigenvalue weighted by atomic mass is 10.1. The van der Waals surface area contributed by atoms with E-state index in [1.807, 2.05) is 0 Å². The molecule has 0 atom stereocenters. The van der Waals surface area contributed by atoms with E-state index < -0.39 is 11.8 Å². The molecule has 1 aromatic rings. The number of hydrogen-bond acceptors (Lipinski definition) is 13. The van der Waals surface area contributed by atoms with Crippen LogP contribution in [0.2, 0.25) is 0 Å². The number of Topliss-reactive ketones (excluding diaryl/α,β-unsaturated/α-hetero) is 1. The first-order valence-corrected chi connectivity index (χ1v) is 14.2. The molecule has 0 saturated carbocycles. The maximum Gasteiger partial charge on any atom is 0.379 e. The summed E-state index contributed by atoms with van der Waals surface area (Å²) < 4.78 is 52.8. The first kappa shape index (κ1) is 37.5. The molecule has 0 aliphatic carbocycles. The van der Waals surface area contributed by atoms with Gasteiger partial charge in [-0.2, -0.15) is 0 Å². The van der Waals surface area contributed by atoms with Crippen molar-refractivity contribution < 1.29 is 61.8 Å². The topological polar surface area (TPSA) is 144 Å². The average Bonchev–Trinajstić information content (AvgIpc) is 3.00. The van der Waals surface area contributed by atoms with E-state index >= 15 is 0 Å². The third kappa shape index (κ3) is 23.1. The molecule has 0 amide bonds. The molecule has 0 spiro atoms. The minimum Gasteiger partial charge on any atom is -0.466 e. The number of hydrogen-bond donors (Lipinski definition) is 0. The predicted octanol–water partition coefficient (Wildman–Crippen LogP) is 1.50. The molecule has 1 rings (SSSR count). The van der Waals surface area contributed by atoms with Gasteiger partial charge in [-0.1, -0.05) is 30.3 Å². The molecule has 0 fully saturated rings. The second-order valence-corrected chi connectivity index (χ2v) is 8.29. The summed E-state index contributed by atoms with van der Waals surface area (Å²) >= 11 is 0. The van der Waals surface area contributed by atoms with E-state index in [-0.39, 0.29) is 25.6 Å². The van der Waals surface area contributed by atoms with Gasteiger partial charge in [0.15, 0.2) is 0 Å². The summed E-state index contributed by atoms with van der Waals surface area (Å²) in [5, 5.41) is 0. The Labute approximate surface area is 247 Å². The second kappa shape index (κ2) is 28.6. The minimum atomic E-state index is -0.900. The Morgan fingerprint density at radius 3 is 1.21 bits per heavy atom. The van der Waals surface area contributed by atoms with E-state index in [1.165, 1.54) is 0 Å². The predicted molar refractivity (Wildman–Crippen MR) is 150 cm³/mol. The maximum absolute atomic E-state index is 11.9. The maximum atomic E-state index is 11.9. The van der Waals surface area contributed by atoms with Gasteiger partial charge in [-0.15, -0.1) is 0 Å². The normalized spacial score (nSPS) is 11.0. The molecule has 42 heavy (non-hydrogen) atoms. The van der Waals surface area contributed by atoms with Crippen LogP contribution in [0.3, 0.4) is 0 Å². The first-order valence-electron chi connectivity index (χ1n) is 14.2. The summed E-state index contributed by atoms with van der Waals surface area (Å²) in [7, 11) is 0. The number of benzene rings is 1. The van der Waals surface area contributed by atoms with E-state index in [1.54, 1.807) is 37.3 Å². The largest absolute Gasteiger partial charge is 0.466 e. The Hall–Kier alpha value is -2.49. The van der Waals surface area contributed by atoms with Crippen LogP contribution in [0, 0.1) is 0 Å². The van der Waals surface area contributed by atoms with E-state index in [2.05, 4.69) is 0 Å². The fraction of sp³-hybridized carbons (Fsp3) is 0.690. The molecular weight excluding hydrogens is 556 g/mol. The highest BCUT2D eigenvalue weighted by molar-refractivity contribution is 6.40. The molecule has 13 nitrogen and oxygen atoms in total. The highest BCUT2D eigenvalue weighted by Crippen LogP contribution is 2.01. The summed E-state index contributed by atoms with van der Waals surface area (Å²) in [5.74, 6) is -1.84. The summed E-state index contributed by atoms with van der Waals surface area (Å²) in [6, 6.07) is 8.24. The van der Waals surface area contributed by atoms with Crippen LogP contribution >= 0.6 is 0 Å². The number of ketones is 1. The molecule has 0 saturated heterocycles. The zero-order valence-electron chi connectivity index (χ0n) is 24.6. The summed E-state index contributed by atoms with van der Waals surface area (Å²) in [5.41, 5.74) is 0.293. The van der Waals surface area contributed by atoms with Crippen LogP contribution in [0.4, 0.5) is 0 Å². The number of rotatable bonds is 30. The molecule has 240 valence electrons. The number of ether oxygens (including phenoxy) is 10. The fourth-order valence-corrected chi connectivity index (χ4v) is 3.00. The Morgan fingerprint density at radius 2 is 0.833 bits per heavy atom. The Kier molecular flexibility index (Phi) is 25.6. The van der Waals surface area contributed by atoms with Gasteiger partial charge < -0.3 is 47.4 Å². The average molecular weight is 603 g/mol. The zero-order valence-corrected chi connectivity index (χ0v) is 24.6. The number of carbonyl (C=O) groups is 3. The van der Waals surface area contributed by atoms with Crippen molar-refractivity contribution in [2.24, 2.45) is 0 Å². The minimum absolute atomic E-state index is 0.00513. The summed E-state index contributed by atoms with van der Waals surface area (Å²) in [6.07, 6.45) is 0.247. The lowest BCUT2D eigenvalue weighted by Crippen LogP contribution is -2.20. The Bertz CT molecular complexity index is 791. The van der Waals surface area contributed by atoms with E-state index in [0.29, 0.717) is 111 Å². The van der Waals surface area contributed by atoms with E-state index in [4.69, 9.17) is 47.4 Å². The molecule has 0 heterocycles. The van der Waals surface area contributed by atoms with Gasteiger partial charge in [0, 0.05) is 5.56 Å². The van der Waals surface area contributed by atoms with Crippen molar-refractivity contribution in [3.05, 3.63) is 35.9 Å². The van der Waals surface area contributed by atoms with Gasteiger partial charge in [-0.3, -0.25) is 9.59 Å². The highest BCUT2D eigenvalue weighted by Gasteiger charge is 2.17. The lowest BCUT2D eigenvalue weighted by molar-refractivity contribution is -0.144. The quantitative estimate of drug-likeness (QED) is 0.0543. The molecule has 0 bridgehead atoms. The van der Waals surface area contributed by atoms with Crippen molar-refractivity contribution in [1.82, 2.24) is 0 Å². The SMILES string of the molecule is CCOC(=O)CCOCCOCCOCCOCCOCCOCCOCCOCCOC(=O)C(=O)c1ccccc1. The first-order chi connectivity index (χ1) is 20.6. The van der Waals surface area contributed by atoms with Crippen molar-refractivity contribution in [2.75, 3.05) is 119 Å². The van der Waals surface area contributed by atoms with Crippen LogP contribution in [-0.4, -0.2) is 137 Å². The van der Waals surface area contributed by atoms with E-state index in [0.717, 1.165) is 0 Å². The molecule has 0 aromatic heterocycles. The molecule has 0 radical (unpaired) electrons. The third-order valence-corrected chi connectivity index (χ3v) is 5.04. The van der Waals surface area contributed by atoms with Crippen LogP contribution in [0.25, 0.3) is 0 Å². The van der Waals surface area contributed by atoms with Gasteiger partial charge >= 0.3 is 11.9 Å². The van der Waals surface area contributed by atoms with Crippen LogP contribution in [0.1, 0.15) is 23.7 Å². The van der Waals surface area contributed by atoms with Gasteiger partial charge in [0.05, 0.1) is 119 Å². The van der Waals surface area contributed by atoms with Crippen LogP contribution in [0.5, 0.6) is 0 Å². The molecule has 1 aromatic carbocycles. The smallest absolute Gasteiger partial charge is 0.379 e. The van der Waals surface area contributed by atoms with Gasteiger partial charge in [-0.25, -0.2) is 4.79 Å². The van der Waals surface area contributed by atoms with Crippen molar-refractivity contribution in [2.45, 2.75) is 13.3 Å². The second-order valence-electron chi connectivity index (χ2n) is 8.29. The van der Waals surface area contributed by atoms with Crippen molar-refractivity contribution in [3.8, 4) is 0 Å². The van der Waals surface area contributed by atoms with Crippen molar-refractivity contribution >= 4 is 17.7 Å². The van der Waals surface area contributed by atoms with Gasteiger partial charge in [-0.05, 0) is 6.92 Å². The third-order valence-electron chi connectivity index (χ3n) is 5.04. The van der Waals surface area contributed by atoms with Crippen LogP contribution in [0.15, 0.2) is 30.3 Å². The molecular formula is C29H46O13. The number of esters is 2. The molecule has 0 aliphatic heterocycles. The van der Waals surface area contributed by atoms with E-state index in [9.17, 15) is 14.4 Å². The van der Waals surface area contributed by atoms with Crippen LogP contribution in [-0.2, 0) is 57.0 Å². The summed E-state index contributed by atoms with van der Waals surface area (Å²) in [6.45, 7) is 8.76. The standard InChI is InChI=1S/C29H46O13/c1-2-41-27(30)8-9-33-10-11-34-12-13-35-14-15-36-16-17-37-18-19-38-20-21-39-22-23-40-24-25-42-29(32)28(31)26-6-4-3-5-7-26/h3-7H,2,8-25H2,1H3. The molecule has 13 heteroatoms. The number of carbonyl (C=O) groups excluding carboxylic acids is 3. The Balaban J connectivity index is 1.70. The zero-order chi connectivity index (χ0) is 30.4. The van der Waals surface area contributed by atoms with Gasteiger partial charge in [0.25, 0.3) is 5.78 Å². The van der Waals surface area contributed by atoms with Gasteiger partial charge in [0.1, 0.15) is 6.61 Å².